The summed E-state index contributed by atoms with van der Waals surface area (Å²) in [7, 11) is -3.94. The summed E-state index contributed by atoms with van der Waals surface area (Å²) in [6.07, 6.45) is -3.63. The second-order valence-electron chi connectivity index (χ2n) is 8.63. The summed E-state index contributed by atoms with van der Waals surface area (Å²) in [5.41, 5.74) is -1.34. The Labute approximate surface area is 205 Å². The topological polar surface area (TPSA) is 112 Å². The maximum atomic E-state index is 13.2. The fourth-order valence-corrected chi connectivity index (χ4v) is 6.28. The van der Waals surface area contributed by atoms with E-state index in [-0.39, 0.29) is 35.6 Å². The molecule has 0 radical (unpaired) electrons. The van der Waals surface area contributed by atoms with Crippen molar-refractivity contribution in [3.05, 3.63) is 48.5 Å². The third kappa shape index (κ3) is 5.91. The summed E-state index contributed by atoms with van der Waals surface area (Å²) in [5.74, 6) is -1.26. The molecular weight excluding hydrogens is 507 g/mol. The number of halogens is 3. The first-order chi connectivity index (χ1) is 16.9. The zero-order valence-corrected chi connectivity index (χ0v) is 19.8. The van der Waals surface area contributed by atoms with Crippen LogP contribution in [0.5, 0.6) is 17.2 Å². The smallest absolute Gasteiger partial charge is 0.457 e. The van der Waals surface area contributed by atoms with E-state index >= 15 is 0 Å². The number of hydrogen-bond acceptors (Lipinski definition) is 8. The Morgan fingerprint density at radius 3 is 1.92 bits per heavy atom. The predicted octanol–water partition coefficient (Wildman–Crippen LogP) is 4.05. The van der Waals surface area contributed by atoms with Gasteiger partial charge in [-0.05, 0) is 61.4 Å². The van der Waals surface area contributed by atoms with Crippen LogP contribution in [0.2, 0.25) is 0 Å². The van der Waals surface area contributed by atoms with E-state index in [1.165, 1.54) is 36.4 Å². The molecule has 36 heavy (non-hydrogen) atoms. The highest BCUT2D eigenvalue weighted by molar-refractivity contribution is 7.91. The quantitative estimate of drug-likeness (QED) is 0.309. The van der Waals surface area contributed by atoms with E-state index in [9.17, 15) is 31.6 Å². The molecule has 1 amide bonds. The van der Waals surface area contributed by atoms with Gasteiger partial charge in [-0.3, -0.25) is 10.0 Å². The highest BCUT2D eigenvalue weighted by Crippen LogP contribution is 2.43. The molecule has 1 aliphatic heterocycles. The number of carbonyl (C=O) groups is 1. The fraction of sp³-hybridized carbons (Fsp3) is 0.435. The Morgan fingerprint density at radius 1 is 0.917 bits per heavy atom. The van der Waals surface area contributed by atoms with Gasteiger partial charge in [-0.15, -0.1) is 13.2 Å². The van der Waals surface area contributed by atoms with Gasteiger partial charge >= 0.3 is 6.36 Å². The Hall–Kier alpha value is -2.87. The lowest BCUT2D eigenvalue weighted by Gasteiger charge is -2.45. The van der Waals surface area contributed by atoms with Crippen LogP contribution in [0.1, 0.15) is 25.7 Å². The largest absolute Gasteiger partial charge is 0.573 e. The van der Waals surface area contributed by atoms with Crippen LogP contribution in [-0.2, 0) is 24.1 Å². The highest BCUT2D eigenvalue weighted by atomic mass is 32.2. The van der Waals surface area contributed by atoms with Crippen molar-refractivity contribution in [2.75, 3.05) is 19.0 Å². The third-order valence-corrected chi connectivity index (χ3v) is 8.18. The van der Waals surface area contributed by atoms with Crippen LogP contribution in [0, 0.1) is 0 Å². The lowest BCUT2D eigenvalue weighted by Crippen LogP contribution is -2.56. The van der Waals surface area contributed by atoms with Crippen molar-refractivity contribution in [1.29, 1.82) is 0 Å². The Morgan fingerprint density at radius 2 is 1.42 bits per heavy atom. The van der Waals surface area contributed by atoms with Gasteiger partial charge in [0.25, 0.3) is 0 Å². The van der Waals surface area contributed by atoms with Gasteiger partial charge < -0.3 is 18.9 Å². The second kappa shape index (κ2) is 9.88. The van der Waals surface area contributed by atoms with Gasteiger partial charge in [0.1, 0.15) is 17.2 Å². The van der Waals surface area contributed by atoms with E-state index in [2.05, 4.69) is 4.74 Å². The monoisotopic (exact) mass is 531 g/mol. The summed E-state index contributed by atoms with van der Waals surface area (Å²) >= 11 is 0. The standard InChI is InChI=1S/C23H24F3NO8S/c24-23(25,26)35-19-3-1-17(2-4-19)34-18-5-7-20(8-6-18)36(30,31)15-21(27(29)16-28)9-11-22(12-10-21)32-13-14-33-22/h1-8,16,29H,9-15H2. The first-order valence-corrected chi connectivity index (χ1v) is 12.7. The number of alkyl halides is 3. The number of rotatable bonds is 8. The van der Waals surface area contributed by atoms with Crippen LogP contribution in [0.25, 0.3) is 0 Å². The molecule has 0 aromatic heterocycles. The van der Waals surface area contributed by atoms with Gasteiger partial charge in [0.05, 0.1) is 29.4 Å². The molecule has 1 saturated heterocycles. The zero-order valence-electron chi connectivity index (χ0n) is 18.9. The molecule has 196 valence electrons. The van der Waals surface area contributed by atoms with E-state index in [1.54, 1.807) is 0 Å². The number of ether oxygens (including phenoxy) is 4. The summed E-state index contributed by atoms with van der Waals surface area (Å²) in [4.78, 5) is 11.3. The van der Waals surface area contributed by atoms with Crippen LogP contribution in [0.3, 0.4) is 0 Å². The van der Waals surface area contributed by atoms with Crippen molar-refractivity contribution in [3.63, 3.8) is 0 Å². The summed E-state index contributed by atoms with van der Waals surface area (Å²) in [5, 5.41) is 10.7. The summed E-state index contributed by atoms with van der Waals surface area (Å²) < 4.78 is 83.9. The van der Waals surface area contributed by atoms with Crippen molar-refractivity contribution >= 4 is 16.2 Å². The first kappa shape index (κ1) is 26.2. The number of benzene rings is 2. The van der Waals surface area contributed by atoms with Crippen molar-refractivity contribution in [1.82, 2.24) is 5.06 Å². The van der Waals surface area contributed by atoms with Gasteiger partial charge in [-0.2, -0.15) is 0 Å². The normalized spacial score (nSPS) is 19.1. The van der Waals surface area contributed by atoms with Crippen LogP contribution < -0.4 is 9.47 Å². The Kier molecular flexibility index (Phi) is 7.19. The highest BCUT2D eigenvalue weighted by Gasteiger charge is 2.51. The number of amides is 1. The summed E-state index contributed by atoms with van der Waals surface area (Å²) in [6, 6.07) is 10.1. The maximum Gasteiger partial charge on any atom is 0.573 e. The summed E-state index contributed by atoms with van der Waals surface area (Å²) in [6.45, 7) is 0.865. The predicted molar refractivity (Wildman–Crippen MR) is 117 cm³/mol. The molecule has 2 fully saturated rings. The van der Waals surface area contributed by atoms with Crippen molar-refractivity contribution in [2.45, 2.75) is 48.3 Å². The minimum Gasteiger partial charge on any atom is -0.457 e. The second-order valence-corrected chi connectivity index (χ2v) is 10.6. The van der Waals surface area contributed by atoms with Gasteiger partial charge in [-0.25, -0.2) is 13.5 Å². The van der Waals surface area contributed by atoms with Crippen molar-refractivity contribution < 1.29 is 50.5 Å². The molecule has 0 unspecified atom stereocenters. The SMILES string of the molecule is O=CN(O)C1(CS(=O)(=O)c2ccc(Oc3ccc(OC(F)(F)F)cc3)cc2)CCC2(CC1)OCCO2. The molecule has 0 bridgehead atoms. The van der Waals surface area contributed by atoms with Gasteiger partial charge in [0.2, 0.25) is 6.41 Å². The lowest BCUT2D eigenvalue weighted by atomic mass is 9.79. The molecule has 13 heteroatoms. The third-order valence-electron chi connectivity index (χ3n) is 6.28. The van der Waals surface area contributed by atoms with Crippen LogP contribution in [0.15, 0.2) is 53.4 Å². The molecule has 2 aliphatic rings. The molecule has 0 atom stereocenters. The van der Waals surface area contributed by atoms with Gasteiger partial charge in [-0.1, -0.05) is 0 Å². The average molecular weight is 532 g/mol. The average Bonchev–Trinajstić information content (AvgIpc) is 3.29. The Balaban J connectivity index is 1.44. The number of carbonyl (C=O) groups excluding carboxylic acids is 1. The lowest BCUT2D eigenvalue weighted by molar-refractivity contribution is -0.274. The first-order valence-electron chi connectivity index (χ1n) is 11.0. The number of sulfone groups is 1. The minimum atomic E-state index is -4.81. The van der Waals surface area contributed by atoms with E-state index < -0.39 is 39.0 Å². The van der Waals surface area contributed by atoms with Crippen molar-refractivity contribution in [3.8, 4) is 17.2 Å². The molecule has 1 heterocycles. The Bertz CT molecular complexity index is 1150. The molecule has 1 N–H and O–H groups in total. The molecular formula is C23H24F3NO8S. The van der Waals surface area contributed by atoms with Crippen LogP contribution in [0.4, 0.5) is 13.2 Å². The number of hydrogen-bond donors (Lipinski definition) is 1. The molecule has 1 spiro atoms. The zero-order chi connectivity index (χ0) is 26.0. The number of nitrogens with zero attached hydrogens (tertiary/aromatic N) is 1. The van der Waals surface area contributed by atoms with Crippen LogP contribution in [-0.4, -0.2) is 61.8 Å². The van der Waals surface area contributed by atoms with Gasteiger partial charge in [0.15, 0.2) is 15.6 Å². The van der Waals surface area contributed by atoms with E-state index in [0.717, 1.165) is 12.1 Å². The minimum absolute atomic E-state index is 0.0453. The van der Waals surface area contributed by atoms with E-state index in [1.807, 2.05) is 0 Å². The van der Waals surface area contributed by atoms with Gasteiger partial charge in [0, 0.05) is 12.8 Å². The molecule has 1 aliphatic carbocycles. The molecule has 1 saturated carbocycles. The van der Waals surface area contributed by atoms with Crippen molar-refractivity contribution in [2.24, 2.45) is 0 Å². The molecule has 4 rings (SSSR count). The number of hydroxylamine groups is 2. The molecule has 9 nitrogen and oxygen atoms in total. The van der Waals surface area contributed by atoms with Crippen LogP contribution >= 0.6 is 0 Å². The molecule has 2 aromatic carbocycles. The fourth-order valence-electron chi connectivity index (χ4n) is 4.43. The maximum absolute atomic E-state index is 13.2. The van der Waals surface area contributed by atoms with E-state index in [0.29, 0.717) is 31.1 Å². The van der Waals surface area contributed by atoms with E-state index in [4.69, 9.17) is 14.2 Å². The molecule has 2 aromatic rings.